The highest BCUT2D eigenvalue weighted by Gasteiger charge is 2.35. The van der Waals surface area contributed by atoms with Crippen LogP contribution in [0.3, 0.4) is 0 Å². The second-order valence-electron chi connectivity index (χ2n) is 4.49. The van der Waals surface area contributed by atoms with Crippen LogP contribution < -0.4 is 0 Å². The molecule has 1 aromatic carbocycles. The molecule has 0 N–H and O–H groups in total. The Hall–Kier alpha value is -2.39. The molecule has 0 spiro atoms. The number of benzene rings is 1. The van der Waals surface area contributed by atoms with Gasteiger partial charge in [-0.15, -0.1) is 0 Å². The molecule has 0 radical (unpaired) electrons. The van der Waals surface area contributed by atoms with E-state index in [-0.39, 0.29) is 29.5 Å². The van der Waals surface area contributed by atoms with Gasteiger partial charge in [0.1, 0.15) is 0 Å². The quantitative estimate of drug-likeness (QED) is 0.780. The lowest BCUT2D eigenvalue weighted by atomic mass is 10.1. The molecule has 4 heteroatoms. The van der Waals surface area contributed by atoms with E-state index < -0.39 is 0 Å². The molecule has 0 aromatic heterocycles. The Labute approximate surface area is 128 Å². The van der Waals surface area contributed by atoms with Crippen LogP contribution >= 0.6 is 11.6 Å². The van der Waals surface area contributed by atoms with Crippen molar-refractivity contribution in [1.82, 2.24) is 4.90 Å². The fraction of sp³-hybridized carbons (Fsp3) is 0.0588. The SMILES string of the molecule is C=CC1=C(C=C)C(=O)N(Cc2ccc(C=C)cc2Cl)C1=O. The smallest absolute Gasteiger partial charge is 0.261 e. The minimum Gasteiger partial charge on any atom is -0.270 e. The summed E-state index contributed by atoms with van der Waals surface area (Å²) in [4.78, 5) is 25.6. The minimum atomic E-state index is -0.381. The lowest BCUT2D eigenvalue weighted by Gasteiger charge is -2.16. The number of amides is 2. The summed E-state index contributed by atoms with van der Waals surface area (Å²) in [7, 11) is 0. The zero-order chi connectivity index (χ0) is 15.6. The molecule has 0 aliphatic carbocycles. The topological polar surface area (TPSA) is 37.4 Å². The van der Waals surface area contributed by atoms with Crippen molar-refractivity contribution in [3.63, 3.8) is 0 Å². The highest BCUT2D eigenvalue weighted by atomic mass is 35.5. The number of imide groups is 1. The minimum absolute atomic E-state index is 0.114. The van der Waals surface area contributed by atoms with Crippen molar-refractivity contribution >= 4 is 29.5 Å². The molecule has 0 saturated carbocycles. The third-order valence-corrected chi connectivity index (χ3v) is 3.64. The molecule has 1 aromatic rings. The van der Waals surface area contributed by atoms with Crippen LogP contribution in [0.1, 0.15) is 11.1 Å². The zero-order valence-electron chi connectivity index (χ0n) is 11.4. The van der Waals surface area contributed by atoms with E-state index in [4.69, 9.17) is 11.6 Å². The first-order chi connectivity index (χ1) is 10.0. The highest BCUT2D eigenvalue weighted by molar-refractivity contribution is 6.31. The van der Waals surface area contributed by atoms with E-state index in [1.807, 2.05) is 6.07 Å². The number of nitrogens with zero attached hydrogens (tertiary/aromatic N) is 1. The molecule has 0 bridgehead atoms. The largest absolute Gasteiger partial charge is 0.270 e. The predicted octanol–water partition coefficient (Wildman–Crippen LogP) is 3.52. The summed E-state index contributed by atoms with van der Waals surface area (Å²) in [6.07, 6.45) is 4.42. The number of carbonyl (C=O) groups excluding carboxylic acids is 2. The van der Waals surface area contributed by atoms with Gasteiger partial charge in [0.15, 0.2) is 0 Å². The average molecular weight is 300 g/mol. The fourth-order valence-corrected chi connectivity index (χ4v) is 2.39. The second kappa shape index (κ2) is 5.94. The van der Waals surface area contributed by atoms with Gasteiger partial charge in [-0.05, 0) is 17.2 Å². The van der Waals surface area contributed by atoms with Crippen molar-refractivity contribution < 1.29 is 9.59 Å². The van der Waals surface area contributed by atoms with Crippen LogP contribution in [0, 0.1) is 0 Å². The van der Waals surface area contributed by atoms with Gasteiger partial charge in [-0.3, -0.25) is 14.5 Å². The van der Waals surface area contributed by atoms with Gasteiger partial charge in [0.05, 0.1) is 17.7 Å². The lowest BCUT2D eigenvalue weighted by Crippen LogP contribution is -2.31. The molecular formula is C17H14ClNO2. The highest BCUT2D eigenvalue weighted by Crippen LogP contribution is 2.27. The molecule has 2 rings (SSSR count). The van der Waals surface area contributed by atoms with Crippen molar-refractivity contribution in [3.8, 4) is 0 Å². The van der Waals surface area contributed by atoms with Gasteiger partial charge in [-0.1, -0.05) is 61.7 Å². The molecule has 0 fully saturated rings. The molecule has 106 valence electrons. The van der Waals surface area contributed by atoms with Gasteiger partial charge in [0.25, 0.3) is 11.8 Å². The van der Waals surface area contributed by atoms with E-state index in [2.05, 4.69) is 19.7 Å². The van der Waals surface area contributed by atoms with E-state index in [1.165, 1.54) is 12.2 Å². The standard InChI is InChI=1S/C17H14ClNO2/c1-4-11-7-8-12(15(18)9-11)10-19-16(20)13(5-2)14(6-3)17(19)21/h4-9H,1-3,10H2. The normalized spacial score (nSPS) is 14.6. The first-order valence-electron chi connectivity index (χ1n) is 6.29. The molecule has 3 nitrogen and oxygen atoms in total. The van der Waals surface area contributed by atoms with Crippen LogP contribution in [0.25, 0.3) is 6.08 Å². The maximum Gasteiger partial charge on any atom is 0.261 e. The molecule has 21 heavy (non-hydrogen) atoms. The third-order valence-electron chi connectivity index (χ3n) is 3.29. The summed E-state index contributed by atoms with van der Waals surface area (Å²) in [5.41, 5.74) is 2.11. The Morgan fingerprint density at radius 2 is 1.57 bits per heavy atom. The summed E-state index contributed by atoms with van der Waals surface area (Å²) >= 11 is 6.17. The molecular weight excluding hydrogens is 286 g/mol. The maximum atomic E-state index is 12.2. The Morgan fingerprint density at radius 3 is 2.00 bits per heavy atom. The summed E-state index contributed by atoms with van der Waals surface area (Å²) in [5.74, 6) is -0.762. The fourth-order valence-electron chi connectivity index (χ4n) is 2.14. The molecule has 1 aliphatic heterocycles. The van der Waals surface area contributed by atoms with Gasteiger partial charge in [0.2, 0.25) is 0 Å². The van der Waals surface area contributed by atoms with Crippen molar-refractivity contribution in [2.24, 2.45) is 0 Å². The summed E-state index contributed by atoms with van der Waals surface area (Å²) in [6.45, 7) is 10.9. The van der Waals surface area contributed by atoms with Gasteiger partial charge >= 0.3 is 0 Å². The van der Waals surface area contributed by atoms with Crippen LogP contribution in [0.2, 0.25) is 5.02 Å². The molecule has 1 heterocycles. The molecule has 2 amide bonds. The van der Waals surface area contributed by atoms with Crippen LogP contribution in [-0.4, -0.2) is 16.7 Å². The second-order valence-corrected chi connectivity index (χ2v) is 4.89. The first-order valence-corrected chi connectivity index (χ1v) is 6.67. The monoisotopic (exact) mass is 299 g/mol. The van der Waals surface area contributed by atoms with Crippen molar-refractivity contribution in [3.05, 3.63) is 77.4 Å². The third kappa shape index (κ3) is 2.60. The van der Waals surface area contributed by atoms with Crippen LogP contribution in [0.15, 0.2) is 61.2 Å². The van der Waals surface area contributed by atoms with Crippen LogP contribution in [-0.2, 0) is 16.1 Å². The molecule has 0 saturated heterocycles. The lowest BCUT2D eigenvalue weighted by molar-refractivity contribution is -0.138. The predicted molar refractivity (Wildman–Crippen MR) is 84.5 cm³/mol. The van der Waals surface area contributed by atoms with E-state index in [0.29, 0.717) is 10.6 Å². The molecule has 0 atom stereocenters. The number of rotatable bonds is 5. The zero-order valence-corrected chi connectivity index (χ0v) is 12.2. The van der Waals surface area contributed by atoms with Crippen molar-refractivity contribution in [1.29, 1.82) is 0 Å². The average Bonchev–Trinajstić information content (AvgIpc) is 2.72. The first kappa shape index (κ1) is 15.0. The van der Waals surface area contributed by atoms with E-state index >= 15 is 0 Å². The maximum absolute atomic E-state index is 12.2. The van der Waals surface area contributed by atoms with Gasteiger partial charge in [-0.25, -0.2) is 0 Å². The summed E-state index contributed by atoms with van der Waals surface area (Å²) < 4.78 is 0. The van der Waals surface area contributed by atoms with Gasteiger partial charge < -0.3 is 0 Å². The van der Waals surface area contributed by atoms with Crippen molar-refractivity contribution in [2.75, 3.05) is 0 Å². The summed E-state index contributed by atoms with van der Waals surface area (Å²) in [6, 6.07) is 5.35. The number of hydrogen-bond acceptors (Lipinski definition) is 2. The van der Waals surface area contributed by atoms with Gasteiger partial charge in [0, 0.05) is 5.02 Å². The Balaban J connectivity index is 2.32. The van der Waals surface area contributed by atoms with Crippen LogP contribution in [0.5, 0.6) is 0 Å². The van der Waals surface area contributed by atoms with E-state index in [0.717, 1.165) is 10.5 Å². The Bertz CT molecular complexity index is 671. The van der Waals surface area contributed by atoms with Gasteiger partial charge in [-0.2, -0.15) is 0 Å². The van der Waals surface area contributed by atoms with E-state index in [9.17, 15) is 9.59 Å². The molecule has 1 aliphatic rings. The Morgan fingerprint density at radius 1 is 1.00 bits per heavy atom. The van der Waals surface area contributed by atoms with E-state index in [1.54, 1.807) is 18.2 Å². The van der Waals surface area contributed by atoms with Crippen LogP contribution in [0.4, 0.5) is 0 Å². The summed E-state index contributed by atoms with van der Waals surface area (Å²) in [5, 5.41) is 0.486. The number of halogens is 1. The molecule has 0 unspecified atom stereocenters. The Kier molecular flexibility index (Phi) is 4.24. The number of hydrogen-bond donors (Lipinski definition) is 0. The number of carbonyl (C=O) groups is 2. The van der Waals surface area contributed by atoms with Crippen molar-refractivity contribution in [2.45, 2.75) is 6.54 Å².